The molecule has 2 aromatic carbocycles. The number of rotatable bonds is 4. The van der Waals surface area contributed by atoms with Gasteiger partial charge in [0.25, 0.3) is 0 Å². The number of nitrogens with zero attached hydrogens (tertiary/aromatic N) is 2. The molecule has 5 aliphatic heterocycles. The molecule has 0 spiro atoms. The van der Waals surface area contributed by atoms with Crippen molar-refractivity contribution in [3.63, 3.8) is 0 Å². The van der Waals surface area contributed by atoms with Crippen LogP contribution in [-0.2, 0) is 25.5 Å². The molecule has 0 saturated carbocycles. The van der Waals surface area contributed by atoms with E-state index in [2.05, 4.69) is 10.2 Å². The standard InChI is InChI=1S/C32H37N3O11S/c1-12-7-15-8-17-31(39)35-18-9-43-32(40)16(33-13(2)36)10-47-30(23(35)22(34(17)4)19(15)24(38)25(12)41-5)21-20(18)26-29(45-11-44-26)28(42-6)27(21)46-14(3)37/h7,16-18,22-23,30-31,38-39H,8-11H2,1-6H3,(H,33,36)/t16-,17+,18-,22-,23+,30+,31-/m0/s1. The molecule has 2 fully saturated rings. The Kier molecular flexibility index (Phi) is 7.85. The van der Waals surface area contributed by atoms with Gasteiger partial charge in [0.15, 0.2) is 23.0 Å². The molecule has 15 heteroatoms. The minimum Gasteiger partial charge on any atom is -0.504 e. The molecule has 7 rings (SSSR count). The molecule has 0 unspecified atom stereocenters. The van der Waals surface area contributed by atoms with Crippen LogP contribution in [0.5, 0.6) is 34.5 Å². The van der Waals surface area contributed by atoms with Gasteiger partial charge < -0.3 is 44.0 Å². The van der Waals surface area contributed by atoms with E-state index >= 15 is 0 Å². The number of likely N-dealkylation sites (N-methyl/N-ethyl adjacent to an activating group) is 1. The van der Waals surface area contributed by atoms with Gasteiger partial charge in [-0.1, -0.05) is 6.07 Å². The van der Waals surface area contributed by atoms with E-state index in [1.807, 2.05) is 24.9 Å². The van der Waals surface area contributed by atoms with Gasteiger partial charge in [-0.25, -0.2) is 4.79 Å². The van der Waals surface area contributed by atoms with E-state index in [0.29, 0.717) is 34.6 Å². The van der Waals surface area contributed by atoms with Crippen molar-refractivity contribution >= 4 is 29.6 Å². The first-order valence-corrected chi connectivity index (χ1v) is 16.4. The predicted octanol–water partition coefficient (Wildman–Crippen LogP) is 1.86. The lowest BCUT2D eigenvalue weighted by atomic mass is 9.73. The molecule has 252 valence electrons. The third-order valence-corrected chi connectivity index (χ3v) is 11.2. The first-order valence-electron chi connectivity index (χ1n) is 15.3. The normalized spacial score (nSPS) is 29.2. The van der Waals surface area contributed by atoms with Crippen LogP contribution in [0.15, 0.2) is 6.07 Å². The molecule has 2 aromatic rings. The SMILES string of the molecule is COc1c(C)cc2c(c1O)[C@H]1[C@@H]3[C@@H]4SC[C@H](NC(C)=O)C(=O)OC[C@@H](c5c6c(c(OC)c(OC(C)=O)c54)OCO6)N3[C@@H](O)[C@@H](C2)N1C. The zero-order chi connectivity index (χ0) is 33.5. The number of fused-ring (bicyclic) bond motifs is 9. The summed E-state index contributed by atoms with van der Waals surface area (Å²) in [6.07, 6.45) is -0.618. The quantitative estimate of drug-likeness (QED) is 0.319. The Balaban J connectivity index is 1.53. The third kappa shape index (κ3) is 4.69. The number of ether oxygens (including phenoxy) is 6. The van der Waals surface area contributed by atoms with Crippen LogP contribution in [0.2, 0.25) is 0 Å². The molecule has 5 aliphatic rings. The lowest BCUT2D eigenvalue weighted by molar-refractivity contribution is -0.184. The number of aromatic hydroxyl groups is 1. The molecule has 4 bridgehead atoms. The third-order valence-electron chi connectivity index (χ3n) is 9.80. The number of aliphatic hydroxyl groups is 1. The molecule has 2 saturated heterocycles. The highest BCUT2D eigenvalue weighted by Crippen LogP contribution is 2.65. The van der Waals surface area contributed by atoms with E-state index in [4.69, 9.17) is 28.4 Å². The number of thioether (sulfide) groups is 1. The molecule has 0 aromatic heterocycles. The van der Waals surface area contributed by atoms with E-state index in [1.165, 1.54) is 39.8 Å². The van der Waals surface area contributed by atoms with Crippen molar-refractivity contribution in [2.75, 3.05) is 40.4 Å². The van der Waals surface area contributed by atoms with Gasteiger partial charge in [-0.15, -0.1) is 11.8 Å². The molecular weight excluding hydrogens is 634 g/mol. The number of nitrogens with one attached hydrogen (secondary N) is 1. The van der Waals surface area contributed by atoms with E-state index < -0.39 is 59.5 Å². The summed E-state index contributed by atoms with van der Waals surface area (Å²) in [6, 6.07) is -1.30. The van der Waals surface area contributed by atoms with Crippen molar-refractivity contribution in [2.45, 2.75) is 68.9 Å². The minimum atomic E-state index is -1.05. The van der Waals surface area contributed by atoms with Crippen LogP contribution < -0.4 is 29.0 Å². The summed E-state index contributed by atoms with van der Waals surface area (Å²) in [5.41, 5.74) is 3.42. The summed E-state index contributed by atoms with van der Waals surface area (Å²) >= 11 is 1.34. The molecule has 7 atom stereocenters. The second-order valence-corrected chi connectivity index (χ2v) is 13.6. The smallest absolute Gasteiger partial charge is 0.329 e. The number of carbonyl (C=O) groups excluding carboxylic acids is 3. The maximum atomic E-state index is 13.4. The first kappa shape index (κ1) is 31.7. The van der Waals surface area contributed by atoms with Crippen LogP contribution in [0.4, 0.5) is 0 Å². The van der Waals surface area contributed by atoms with Crippen molar-refractivity contribution in [3.05, 3.63) is 33.9 Å². The van der Waals surface area contributed by atoms with Gasteiger partial charge in [-0.3, -0.25) is 19.4 Å². The zero-order valence-corrected chi connectivity index (χ0v) is 27.6. The van der Waals surface area contributed by atoms with Gasteiger partial charge >= 0.3 is 11.9 Å². The number of piperazine rings is 1. The summed E-state index contributed by atoms with van der Waals surface area (Å²) in [5, 5.41) is 26.1. The number of hydrogen-bond donors (Lipinski definition) is 3. The van der Waals surface area contributed by atoms with Crippen LogP contribution in [-0.4, -0.2) is 103 Å². The molecule has 47 heavy (non-hydrogen) atoms. The fourth-order valence-electron chi connectivity index (χ4n) is 8.09. The summed E-state index contributed by atoms with van der Waals surface area (Å²) < 4.78 is 35.2. The van der Waals surface area contributed by atoms with Crippen LogP contribution >= 0.6 is 11.8 Å². The monoisotopic (exact) mass is 671 g/mol. The maximum absolute atomic E-state index is 13.4. The van der Waals surface area contributed by atoms with Gasteiger partial charge in [-0.05, 0) is 31.5 Å². The van der Waals surface area contributed by atoms with Crippen molar-refractivity contribution in [1.29, 1.82) is 0 Å². The number of carbonyl (C=O) groups is 3. The fourth-order valence-corrected chi connectivity index (χ4v) is 9.60. The van der Waals surface area contributed by atoms with E-state index in [-0.39, 0.29) is 42.2 Å². The predicted molar refractivity (Wildman–Crippen MR) is 166 cm³/mol. The second-order valence-electron chi connectivity index (χ2n) is 12.4. The molecule has 1 amide bonds. The average Bonchev–Trinajstić information content (AvgIpc) is 3.50. The van der Waals surface area contributed by atoms with Gasteiger partial charge in [-0.2, -0.15) is 0 Å². The maximum Gasteiger partial charge on any atom is 0.329 e. The fraction of sp³-hybridized carbons (Fsp3) is 0.531. The topological polar surface area (TPSA) is 166 Å². The Morgan fingerprint density at radius 2 is 1.77 bits per heavy atom. The van der Waals surface area contributed by atoms with Crippen LogP contribution in [0.1, 0.15) is 59.0 Å². The number of hydrogen-bond acceptors (Lipinski definition) is 14. The van der Waals surface area contributed by atoms with Crippen molar-refractivity contribution in [3.8, 4) is 34.5 Å². The van der Waals surface area contributed by atoms with Gasteiger partial charge in [0.2, 0.25) is 24.2 Å². The molecule has 0 aliphatic carbocycles. The number of phenols is 1. The summed E-state index contributed by atoms with van der Waals surface area (Å²) in [4.78, 5) is 42.2. The number of cyclic esters (lactones) is 1. The number of phenolic OH excluding ortho intramolecular Hbond substituents is 1. The average molecular weight is 672 g/mol. The van der Waals surface area contributed by atoms with E-state index in [9.17, 15) is 24.6 Å². The van der Waals surface area contributed by atoms with E-state index in [0.717, 1.165) is 11.1 Å². The molecule has 3 N–H and O–H groups in total. The van der Waals surface area contributed by atoms with Gasteiger partial charge in [0.05, 0.1) is 37.6 Å². The lowest BCUT2D eigenvalue weighted by Gasteiger charge is -2.61. The molecule has 5 heterocycles. The number of esters is 2. The summed E-state index contributed by atoms with van der Waals surface area (Å²) in [5.74, 6) is -0.276. The highest BCUT2D eigenvalue weighted by molar-refractivity contribution is 7.99. The number of benzene rings is 2. The molecular formula is C32H37N3O11S. The largest absolute Gasteiger partial charge is 0.504 e. The lowest BCUT2D eigenvalue weighted by Crippen LogP contribution is -2.69. The minimum absolute atomic E-state index is 0.0124. The second kappa shape index (κ2) is 11.6. The number of aryl methyl sites for hydroxylation is 1. The molecule has 0 radical (unpaired) electrons. The summed E-state index contributed by atoms with van der Waals surface area (Å²) in [7, 11) is 4.86. The van der Waals surface area contributed by atoms with Crippen LogP contribution in [0, 0.1) is 6.92 Å². The zero-order valence-electron chi connectivity index (χ0n) is 26.8. The summed E-state index contributed by atoms with van der Waals surface area (Å²) in [6.45, 7) is 4.12. The number of amides is 1. The van der Waals surface area contributed by atoms with Crippen molar-refractivity contribution in [2.24, 2.45) is 0 Å². The first-order chi connectivity index (χ1) is 22.5. The Bertz CT molecular complexity index is 1680. The highest BCUT2D eigenvalue weighted by Gasteiger charge is 2.60. The van der Waals surface area contributed by atoms with Gasteiger partial charge in [0, 0.05) is 42.3 Å². The Morgan fingerprint density at radius 3 is 2.45 bits per heavy atom. The number of aliphatic hydroxyl groups excluding tert-OH is 1. The highest BCUT2D eigenvalue weighted by atomic mass is 32.2. The Hall–Kier alpha value is -3.92. The molecule has 14 nitrogen and oxygen atoms in total. The van der Waals surface area contributed by atoms with Gasteiger partial charge in [0.1, 0.15) is 18.9 Å². The van der Waals surface area contributed by atoms with Crippen molar-refractivity contribution in [1.82, 2.24) is 15.1 Å². The van der Waals surface area contributed by atoms with Crippen LogP contribution in [0.25, 0.3) is 0 Å². The van der Waals surface area contributed by atoms with Crippen molar-refractivity contribution < 1.29 is 53.0 Å². The van der Waals surface area contributed by atoms with Crippen LogP contribution in [0.3, 0.4) is 0 Å². The Labute approximate surface area is 275 Å². The number of methoxy groups -OCH3 is 2. The van der Waals surface area contributed by atoms with E-state index in [1.54, 1.807) is 0 Å². The Morgan fingerprint density at radius 1 is 1.04 bits per heavy atom.